The Kier molecular flexibility index (Phi) is 6.01. The molecule has 1 aromatic carbocycles. The third kappa shape index (κ3) is 4.74. The van der Waals surface area contributed by atoms with Gasteiger partial charge in [-0.1, -0.05) is 41.5 Å². The molecule has 1 aliphatic heterocycles. The molecule has 1 aliphatic rings. The molecule has 32 heavy (non-hydrogen) atoms. The minimum Gasteiger partial charge on any atom is -0.329 e. The average Bonchev–Trinajstić information content (AvgIpc) is 3.22. The lowest BCUT2D eigenvalue weighted by atomic mass is 10.1. The molecule has 0 unspecified atom stereocenters. The van der Waals surface area contributed by atoms with E-state index in [-0.39, 0.29) is 0 Å². The van der Waals surface area contributed by atoms with E-state index >= 15 is 0 Å². The molecule has 1 saturated heterocycles. The van der Waals surface area contributed by atoms with Crippen LogP contribution in [-0.2, 0) is 6.54 Å². The molecule has 4 aromatic rings. The second-order valence-corrected chi connectivity index (χ2v) is 9.40. The molecule has 7 heteroatoms. The highest BCUT2D eigenvalue weighted by Gasteiger charge is 2.12. The molecule has 0 saturated carbocycles. The second kappa shape index (κ2) is 9.22. The number of nitrogens with zero attached hydrogens (tertiary/aromatic N) is 5. The fourth-order valence-electron chi connectivity index (χ4n) is 4.03. The van der Waals surface area contributed by atoms with Crippen molar-refractivity contribution in [3.63, 3.8) is 0 Å². The van der Waals surface area contributed by atoms with Crippen LogP contribution in [0.3, 0.4) is 0 Å². The Morgan fingerprint density at radius 3 is 2.53 bits per heavy atom. The molecule has 3 aromatic heterocycles. The van der Waals surface area contributed by atoms with Crippen molar-refractivity contribution in [2.45, 2.75) is 32.7 Å². The summed E-state index contributed by atoms with van der Waals surface area (Å²) in [6.07, 6.45) is 5.94. The third-order valence-electron chi connectivity index (χ3n) is 5.92. The quantitative estimate of drug-likeness (QED) is 0.400. The molecule has 0 amide bonds. The number of aromatic nitrogens is 3. The zero-order chi connectivity index (χ0) is 21.9. The van der Waals surface area contributed by atoms with Crippen LogP contribution in [0.2, 0.25) is 0 Å². The number of nitrogens with one attached hydrogen (secondary N) is 1. The molecular weight excluding hydrogens is 416 g/mol. The molecule has 0 atom stereocenters. The van der Waals surface area contributed by atoms with Crippen LogP contribution in [0.4, 0.5) is 22.5 Å². The largest absolute Gasteiger partial charge is 0.329 e. The highest BCUT2D eigenvalue weighted by molar-refractivity contribution is 7.21. The molecule has 164 valence electrons. The Balaban J connectivity index is 1.28. The molecular formula is C25H28N6S. The molecule has 1 fully saturated rings. The van der Waals surface area contributed by atoms with Gasteiger partial charge in [0.2, 0.25) is 0 Å². The summed E-state index contributed by atoms with van der Waals surface area (Å²) < 4.78 is 0. The van der Waals surface area contributed by atoms with Gasteiger partial charge in [-0.25, -0.2) is 15.0 Å². The smallest absolute Gasteiger partial charge is 0.190 e. The zero-order valence-corrected chi connectivity index (χ0v) is 19.4. The monoisotopic (exact) mass is 444 g/mol. The fraction of sp³-hybridized carbons (Fsp3) is 0.320. The molecule has 0 aliphatic carbocycles. The third-order valence-corrected chi connectivity index (χ3v) is 6.80. The maximum absolute atomic E-state index is 4.83. The van der Waals surface area contributed by atoms with Gasteiger partial charge in [0.15, 0.2) is 5.13 Å². The van der Waals surface area contributed by atoms with Crippen molar-refractivity contribution < 1.29 is 0 Å². The molecule has 6 nitrogen and oxygen atoms in total. The van der Waals surface area contributed by atoms with E-state index in [0.717, 1.165) is 39.3 Å². The number of rotatable bonds is 6. The van der Waals surface area contributed by atoms with Gasteiger partial charge in [-0.15, -0.1) is 0 Å². The Bertz CT molecular complexity index is 1180. The van der Waals surface area contributed by atoms with E-state index in [0.29, 0.717) is 0 Å². The van der Waals surface area contributed by atoms with E-state index < -0.39 is 0 Å². The average molecular weight is 445 g/mol. The van der Waals surface area contributed by atoms with Gasteiger partial charge in [0.05, 0.1) is 0 Å². The van der Waals surface area contributed by atoms with Crippen LogP contribution in [0, 0.1) is 6.92 Å². The van der Waals surface area contributed by atoms with Crippen LogP contribution in [0.1, 0.15) is 30.4 Å². The van der Waals surface area contributed by atoms with Gasteiger partial charge >= 0.3 is 0 Å². The Labute approximate surface area is 193 Å². The highest BCUT2D eigenvalue weighted by Crippen LogP contribution is 2.30. The second-order valence-electron chi connectivity index (χ2n) is 8.42. The summed E-state index contributed by atoms with van der Waals surface area (Å²) in [7, 11) is 2.04. The number of hydrogen-bond acceptors (Lipinski definition) is 7. The van der Waals surface area contributed by atoms with Crippen molar-refractivity contribution in [3.05, 3.63) is 65.9 Å². The van der Waals surface area contributed by atoms with Gasteiger partial charge in [-0.05, 0) is 68.8 Å². The van der Waals surface area contributed by atoms with Crippen molar-refractivity contribution in [1.82, 2.24) is 19.9 Å². The predicted octanol–water partition coefficient (Wildman–Crippen LogP) is 5.89. The number of fused-ring (bicyclic) bond motifs is 1. The van der Waals surface area contributed by atoms with Crippen molar-refractivity contribution in [2.75, 3.05) is 30.4 Å². The summed E-state index contributed by atoms with van der Waals surface area (Å²) in [6.45, 7) is 5.46. The van der Waals surface area contributed by atoms with Crippen molar-refractivity contribution in [2.24, 2.45) is 0 Å². The SMILES string of the molecule is Cc1ccc(N(C)c2ccc3nc(Nc4ccc(CN5CCCCC5)cn4)sc3n2)cc1. The number of aryl methyl sites for hydroxylation is 1. The van der Waals surface area contributed by atoms with Gasteiger partial charge in [0.1, 0.15) is 22.0 Å². The molecule has 4 heterocycles. The zero-order valence-electron chi connectivity index (χ0n) is 18.6. The first-order chi connectivity index (χ1) is 15.6. The number of pyridine rings is 2. The van der Waals surface area contributed by atoms with Gasteiger partial charge in [0, 0.05) is 25.5 Å². The van der Waals surface area contributed by atoms with E-state index in [1.807, 2.05) is 31.4 Å². The number of likely N-dealkylation sites (tertiary alicyclic amines) is 1. The number of piperidine rings is 1. The minimum atomic E-state index is 0.805. The number of thiazole rings is 1. The Morgan fingerprint density at radius 1 is 0.969 bits per heavy atom. The first kappa shape index (κ1) is 20.8. The van der Waals surface area contributed by atoms with E-state index in [9.17, 15) is 0 Å². The first-order valence-corrected chi connectivity index (χ1v) is 12.0. The van der Waals surface area contributed by atoms with E-state index in [1.165, 1.54) is 43.5 Å². The first-order valence-electron chi connectivity index (χ1n) is 11.2. The summed E-state index contributed by atoms with van der Waals surface area (Å²) in [4.78, 5) is 19.6. The van der Waals surface area contributed by atoms with Crippen molar-refractivity contribution >= 4 is 44.1 Å². The Hall–Kier alpha value is -3.03. The van der Waals surface area contributed by atoms with E-state index in [4.69, 9.17) is 4.98 Å². The van der Waals surface area contributed by atoms with Crippen LogP contribution in [0.25, 0.3) is 10.3 Å². The molecule has 5 rings (SSSR count). The highest BCUT2D eigenvalue weighted by atomic mass is 32.1. The van der Waals surface area contributed by atoms with Crippen LogP contribution in [-0.4, -0.2) is 40.0 Å². The summed E-state index contributed by atoms with van der Waals surface area (Å²) in [6, 6.07) is 16.7. The molecule has 0 bridgehead atoms. The maximum atomic E-state index is 4.83. The number of anilines is 4. The van der Waals surface area contributed by atoms with Crippen LogP contribution < -0.4 is 10.2 Å². The minimum absolute atomic E-state index is 0.805. The van der Waals surface area contributed by atoms with Gasteiger partial charge in [-0.2, -0.15) is 0 Å². The lowest BCUT2D eigenvalue weighted by Gasteiger charge is -2.26. The van der Waals surface area contributed by atoms with Crippen molar-refractivity contribution in [1.29, 1.82) is 0 Å². The standard InChI is InChI=1S/C25H28N6S/c1-18-6-9-20(10-7-18)30(2)23-13-11-21-24(29-23)32-25(27-21)28-22-12-8-19(16-26-22)17-31-14-4-3-5-15-31/h6-13,16H,3-5,14-15,17H2,1-2H3,(H,26,27,28). The maximum Gasteiger partial charge on any atom is 0.190 e. The summed E-state index contributed by atoms with van der Waals surface area (Å²) in [5.41, 5.74) is 4.50. The normalized spacial score (nSPS) is 14.6. The van der Waals surface area contributed by atoms with E-state index in [2.05, 4.69) is 62.3 Å². The van der Waals surface area contributed by atoms with Gasteiger partial charge < -0.3 is 10.2 Å². The van der Waals surface area contributed by atoms with E-state index in [1.54, 1.807) is 11.3 Å². The summed E-state index contributed by atoms with van der Waals surface area (Å²) in [5.74, 6) is 1.71. The fourth-order valence-corrected chi connectivity index (χ4v) is 4.87. The van der Waals surface area contributed by atoms with Gasteiger partial charge in [0.25, 0.3) is 0 Å². The lowest BCUT2D eigenvalue weighted by molar-refractivity contribution is 0.220. The van der Waals surface area contributed by atoms with Crippen molar-refractivity contribution in [3.8, 4) is 0 Å². The number of hydrogen-bond donors (Lipinski definition) is 1. The number of benzene rings is 1. The van der Waals surface area contributed by atoms with Crippen LogP contribution in [0.15, 0.2) is 54.7 Å². The summed E-state index contributed by atoms with van der Waals surface area (Å²) >= 11 is 1.55. The molecule has 0 spiro atoms. The predicted molar refractivity (Wildman–Crippen MR) is 133 cm³/mol. The Morgan fingerprint density at radius 2 is 1.78 bits per heavy atom. The lowest BCUT2D eigenvalue weighted by Crippen LogP contribution is -2.29. The summed E-state index contributed by atoms with van der Waals surface area (Å²) in [5, 5.41) is 4.14. The molecule has 1 N–H and O–H groups in total. The topological polar surface area (TPSA) is 57.2 Å². The van der Waals surface area contributed by atoms with Gasteiger partial charge in [-0.3, -0.25) is 4.90 Å². The van der Waals surface area contributed by atoms with Crippen LogP contribution in [0.5, 0.6) is 0 Å². The molecule has 0 radical (unpaired) electrons. The van der Waals surface area contributed by atoms with Crippen LogP contribution >= 0.6 is 11.3 Å².